The Labute approximate surface area is 118 Å². The van der Waals surface area contributed by atoms with E-state index >= 15 is 0 Å². The van der Waals surface area contributed by atoms with E-state index in [1.807, 2.05) is 30.3 Å². The number of hydrogen-bond donors (Lipinski definition) is 0. The molecule has 0 saturated heterocycles. The van der Waals surface area contributed by atoms with Gasteiger partial charge in [0.25, 0.3) is 0 Å². The molecule has 0 amide bonds. The second-order valence-electron chi connectivity index (χ2n) is 4.56. The smallest absolute Gasteiger partial charge is 0.163 e. The quantitative estimate of drug-likeness (QED) is 0.743. The molecule has 0 N–H and O–H groups in total. The van der Waals surface area contributed by atoms with Crippen LogP contribution in [-0.4, -0.2) is 11.6 Å². The van der Waals surface area contributed by atoms with E-state index in [-0.39, 0.29) is 18.0 Å². The Morgan fingerprint density at radius 1 is 0.850 bits per heavy atom. The van der Waals surface area contributed by atoms with Gasteiger partial charge < -0.3 is 9.53 Å². The standard InChI is InChI=1S/C17H16O3/c1-13(18)7-12-17(19)14-8-10-16(11-9-14)20-15-5-3-2-4-6-15/h2-6,8-11H,7,12H2,1H3. The van der Waals surface area contributed by atoms with Crippen molar-refractivity contribution >= 4 is 11.6 Å². The molecule has 0 unspecified atom stereocenters. The van der Waals surface area contributed by atoms with Crippen molar-refractivity contribution in [2.75, 3.05) is 0 Å². The first kappa shape index (κ1) is 14.0. The highest BCUT2D eigenvalue weighted by molar-refractivity contribution is 5.98. The lowest BCUT2D eigenvalue weighted by atomic mass is 10.1. The Morgan fingerprint density at radius 2 is 1.45 bits per heavy atom. The minimum absolute atomic E-state index is 0.0218. The van der Waals surface area contributed by atoms with Crippen molar-refractivity contribution in [3.63, 3.8) is 0 Å². The molecule has 0 heterocycles. The molecule has 0 spiro atoms. The summed E-state index contributed by atoms with van der Waals surface area (Å²) in [5.74, 6) is 1.44. The molecular weight excluding hydrogens is 252 g/mol. The lowest BCUT2D eigenvalue weighted by molar-refractivity contribution is -0.116. The minimum Gasteiger partial charge on any atom is -0.457 e. The van der Waals surface area contributed by atoms with Crippen LogP contribution in [0.2, 0.25) is 0 Å². The van der Waals surface area contributed by atoms with Crippen LogP contribution in [0.4, 0.5) is 0 Å². The SMILES string of the molecule is CC(=O)CCC(=O)c1ccc(Oc2ccccc2)cc1. The molecule has 0 saturated carbocycles. The molecule has 2 rings (SSSR count). The number of carbonyl (C=O) groups excluding carboxylic acids is 2. The normalized spacial score (nSPS) is 10.1. The number of Topliss-reactive ketones (excluding diaryl/α,β-unsaturated/α-hetero) is 2. The summed E-state index contributed by atoms with van der Waals surface area (Å²) in [6.45, 7) is 1.49. The van der Waals surface area contributed by atoms with Crippen LogP contribution in [0.5, 0.6) is 11.5 Å². The maximum atomic E-state index is 11.8. The average molecular weight is 268 g/mol. The number of para-hydroxylation sites is 1. The fourth-order valence-electron chi connectivity index (χ4n) is 1.77. The van der Waals surface area contributed by atoms with E-state index in [0.717, 1.165) is 5.75 Å². The molecule has 3 nitrogen and oxygen atoms in total. The third kappa shape index (κ3) is 4.05. The molecule has 0 aliphatic heterocycles. The summed E-state index contributed by atoms with van der Waals surface area (Å²) in [6, 6.07) is 16.4. The maximum absolute atomic E-state index is 11.8. The van der Waals surface area contributed by atoms with E-state index in [1.165, 1.54) is 6.92 Å². The van der Waals surface area contributed by atoms with Crippen molar-refractivity contribution in [1.82, 2.24) is 0 Å². The molecule has 0 aliphatic carbocycles. The second kappa shape index (κ2) is 6.66. The number of ketones is 2. The van der Waals surface area contributed by atoms with Crippen LogP contribution in [0.25, 0.3) is 0 Å². The molecule has 0 radical (unpaired) electrons. The van der Waals surface area contributed by atoms with Crippen LogP contribution in [-0.2, 0) is 4.79 Å². The first-order valence-electron chi connectivity index (χ1n) is 6.51. The average Bonchev–Trinajstić information content (AvgIpc) is 2.46. The van der Waals surface area contributed by atoms with Crippen LogP contribution in [0, 0.1) is 0 Å². The van der Waals surface area contributed by atoms with E-state index in [2.05, 4.69) is 0 Å². The Balaban J connectivity index is 1.99. The maximum Gasteiger partial charge on any atom is 0.163 e. The van der Waals surface area contributed by atoms with Crippen molar-refractivity contribution in [3.05, 3.63) is 60.2 Å². The zero-order chi connectivity index (χ0) is 14.4. The van der Waals surface area contributed by atoms with Gasteiger partial charge in [-0.3, -0.25) is 4.79 Å². The van der Waals surface area contributed by atoms with Crippen molar-refractivity contribution in [2.24, 2.45) is 0 Å². The predicted octanol–water partition coefficient (Wildman–Crippen LogP) is 4.03. The molecule has 20 heavy (non-hydrogen) atoms. The zero-order valence-electron chi connectivity index (χ0n) is 11.3. The molecule has 2 aromatic carbocycles. The van der Waals surface area contributed by atoms with Crippen LogP contribution in [0.1, 0.15) is 30.1 Å². The highest BCUT2D eigenvalue weighted by Gasteiger charge is 2.07. The van der Waals surface area contributed by atoms with Crippen molar-refractivity contribution in [1.29, 1.82) is 0 Å². The van der Waals surface area contributed by atoms with Crippen molar-refractivity contribution in [3.8, 4) is 11.5 Å². The number of hydrogen-bond acceptors (Lipinski definition) is 3. The van der Waals surface area contributed by atoms with Gasteiger partial charge in [0.1, 0.15) is 17.3 Å². The van der Waals surface area contributed by atoms with Gasteiger partial charge in [-0.05, 0) is 43.3 Å². The van der Waals surface area contributed by atoms with E-state index in [0.29, 0.717) is 17.7 Å². The number of benzene rings is 2. The van der Waals surface area contributed by atoms with Gasteiger partial charge in [0, 0.05) is 18.4 Å². The fraction of sp³-hybridized carbons (Fsp3) is 0.176. The zero-order valence-corrected chi connectivity index (χ0v) is 11.3. The second-order valence-corrected chi connectivity index (χ2v) is 4.56. The highest BCUT2D eigenvalue weighted by Crippen LogP contribution is 2.21. The Morgan fingerprint density at radius 3 is 2.05 bits per heavy atom. The molecule has 102 valence electrons. The van der Waals surface area contributed by atoms with Gasteiger partial charge in [0.05, 0.1) is 0 Å². The van der Waals surface area contributed by atoms with E-state index < -0.39 is 0 Å². The fourth-order valence-corrected chi connectivity index (χ4v) is 1.77. The first-order chi connectivity index (χ1) is 9.65. The Bertz CT molecular complexity index is 585. The van der Waals surface area contributed by atoms with Gasteiger partial charge >= 0.3 is 0 Å². The van der Waals surface area contributed by atoms with Crippen molar-refractivity contribution < 1.29 is 14.3 Å². The summed E-state index contributed by atoms with van der Waals surface area (Å²) in [5.41, 5.74) is 0.603. The van der Waals surface area contributed by atoms with Crippen LogP contribution >= 0.6 is 0 Å². The summed E-state index contributed by atoms with van der Waals surface area (Å²) >= 11 is 0. The van der Waals surface area contributed by atoms with Gasteiger partial charge in [-0.25, -0.2) is 0 Å². The summed E-state index contributed by atoms with van der Waals surface area (Å²) in [7, 11) is 0. The topological polar surface area (TPSA) is 43.4 Å². The van der Waals surface area contributed by atoms with E-state index in [9.17, 15) is 9.59 Å². The van der Waals surface area contributed by atoms with Crippen LogP contribution in [0.3, 0.4) is 0 Å². The third-order valence-electron chi connectivity index (χ3n) is 2.86. The molecule has 0 aromatic heterocycles. The van der Waals surface area contributed by atoms with E-state index in [4.69, 9.17) is 4.74 Å². The molecule has 3 heteroatoms. The molecule has 0 bridgehead atoms. The van der Waals surface area contributed by atoms with Gasteiger partial charge in [-0.1, -0.05) is 18.2 Å². The highest BCUT2D eigenvalue weighted by atomic mass is 16.5. The number of rotatable bonds is 6. The van der Waals surface area contributed by atoms with Crippen molar-refractivity contribution in [2.45, 2.75) is 19.8 Å². The lowest BCUT2D eigenvalue weighted by Crippen LogP contribution is -2.02. The summed E-state index contributed by atoms with van der Waals surface area (Å²) < 4.78 is 5.65. The van der Waals surface area contributed by atoms with Gasteiger partial charge in [-0.15, -0.1) is 0 Å². The molecular formula is C17H16O3. The summed E-state index contributed by atoms with van der Waals surface area (Å²) in [5, 5.41) is 0. The Kier molecular flexibility index (Phi) is 4.66. The molecule has 0 atom stereocenters. The summed E-state index contributed by atoms with van der Waals surface area (Å²) in [6.07, 6.45) is 0.551. The summed E-state index contributed by atoms with van der Waals surface area (Å²) in [4.78, 5) is 22.7. The molecule has 0 fully saturated rings. The number of ether oxygens (including phenoxy) is 1. The van der Waals surface area contributed by atoms with Gasteiger partial charge in [0.15, 0.2) is 5.78 Å². The predicted molar refractivity (Wildman–Crippen MR) is 77.2 cm³/mol. The lowest BCUT2D eigenvalue weighted by Gasteiger charge is -2.06. The molecule has 2 aromatic rings. The number of carbonyl (C=O) groups is 2. The largest absolute Gasteiger partial charge is 0.457 e. The third-order valence-corrected chi connectivity index (χ3v) is 2.86. The monoisotopic (exact) mass is 268 g/mol. The first-order valence-corrected chi connectivity index (χ1v) is 6.51. The Hall–Kier alpha value is -2.42. The van der Waals surface area contributed by atoms with Crippen LogP contribution < -0.4 is 4.74 Å². The molecule has 0 aliphatic rings. The van der Waals surface area contributed by atoms with Crippen LogP contribution in [0.15, 0.2) is 54.6 Å². The van der Waals surface area contributed by atoms with Gasteiger partial charge in [0.2, 0.25) is 0 Å². The van der Waals surface area contributed by atoms with E-state index in [1.54, 1.807) is 24.3 Å². The minimum atomic E-state index is -0.0218. The van der Waals surface area contributed by atoms with Gasteiger partial charge in [-0.2, -0.15) is 0 Å².